The standard InChI is InChI=1S/C15H22F2N2/c1-12-3-4-14(13(2)11-12)15(16,17)5-8-19-9-6-18-7-10-19/h3-4,11,18H,5-10H2,1-2H3. The van der Waals surface area contributed by atoms with Crippen LogP contribution in [0, 0.1) is 13.8 Å². The van der Waals surface area contributed by atoms with Crippen LogP contribution < -0.4 is 5.32 Å². The summed E-state index contributed by atoms with van der Waals surface area (Å²) in [6.45, 7) is 7.68. The monoisotopic (exact) mass is 268 g/mol. The van der Waals surface area contributed by atoms with Gasteiger partial charge in [0.25, 0.3) is 5.92 Å². The van der Waals surface area contributed by atoms with Crippen LogP contribution in [0.4, 0.5) is 8.78 Å². The van der Waals surface area contributed by atoms with Crippen molar-refractivity contribution in [3.63, 3.8) is 0 Å². The van der Waals surface area contributed by atoms with Crippen molar-refractivity contribution < 1.29 is 8.78 Å². The van der Waals surface area contributed by atoms with E-state index in [1.54, 1.807) is 19.1 Å². The van der Waals surface area contributed by atoms with Gasteiger partial charge in [-0.2, -0.15) is 0 Å². The molecule has 1 aliphatic rings. The predicted octanol–water partition coefficient (Wildman–Crippen LogP) is 2.69. The highest BCUT2D eigenvalue weighted by Crippen LogP contribution is 2.34. The van der Waals surface area contributed by atoms with Gasteiger partial charge in [0.05, 0.1) is 0 Å². The topological polar surface area (TPSA) is 15.3 Å². The first-order valence-corrected chi connectivity index (χ1v) is 6.88. The highest BCUT2D eigenvalue weighted by atomic mass is 19.3. The van der Waals surface area contributed by atoms with Crippen molar-refractivity contribution in [1.82, 2.24) is 10.2 Å². The molecule has 0 unspecified atom stereocenters. The minimum Gasteiger partial charge on any atom is -0.314 e. The lowest BCUT2D eigenvalue weighted by molar-refractivity contribution is -0.0231. The lowest BCUT2D eigenvalue weighted by Crippen LogP contribution is -2.44. The van der Waals surface area contributed by atoms with Crippen LogP contribution in [-0.2, 0) is 5.92 Å². The first-order valence-electron chi connectivity index (χ1n) is 6.88. The summed E-state index contributed by atoms with van der Waals surface area (Å²) in [6.07, 6.45) is -0.100. The van der Waals surface area contributed by atoms with Crippen LogP contribution in [0.2, 0.25) is 0 Å². The van der Waals surface area contributed by atoms with Crippen LogP contribution >= 0.6 is 0 Å². The van der Waals surface area contributed by atoms with E-state index in [1.807, 2.05) is 13.0 Å². The molecule has 4 heteroatoms. The largest absolute Gasteiger partial charge is 0.314 e. The molecule has 1 saturated heterocycles. The normalized spacial score (nSPS) is 17.7. The summed E-state index contributed by atoms with van der Waals surface area (Å²) in [6, 6.07) is 5.16. The number of nitrogens with zero attached hydrogens (tertiary/aromatic N) is 1. The Morgan fingerprint density at radius 2 is 1.89 bits per heavy atom. The zero-order chi connectivity index (χ0) is 13.9. The summed E-state index contributed by atoms with van der Waals surface area (Å²) in [7, 11) is 0. The average Bonchev–Trinajstić information content (AvgIpc) is 2.37. The van der Waals surface area contributed by atoms with E-state index in [0.717, 1.165) is 31.7 Å². The third-order valence-electron chi connectivity index (χ3n) is 3.73. The third kappa shape index (κ3) is 3.74. The summed E-state index contributed by atoms with van der Waals surface area (Å²) in [5, 5.41) is 3.23. The Balaban J connectivity index is 2.00. The highest BCUT2D eigenvalue weighted by Gasteiger charge is 2.33. The number of aryl methyl sites for hydroxylation is 2. The van der Waals surface area contributed by atoms with E-state index in [0.29, 0.717) is 12.1 Å². The third-order valence-corrected chi connectivity index (χ3v) is 3.73. The Labute approximate surface area is 113 Å². The van der Waals surface area contributed by atoms with Crippen molar-refractivity contribution in [2.45, 2.75) is 26.2 Å². The van der Waals surface area contributed by atoms with Gasteiger partial charge in [0, 0.05) is 44.7 Å². The van der Waals surface area contributed by atoms with Crippen LogP contribution in [0.1, 0.15) is 23.1 Å². The van der Waals surface area contributed by atoms with E-state index in [4.69, 9.17) is 0 Å². The molecule has 0 saturated carbocycles. The van der Waals surface area contributed by atoms with Gasteiger partial charge in [-0.3, -0.25) is 0 Å². The lowest BCUT2D eigenvalue weighted by Gasteiger charge is -2.29. The Bertz CT molecular complexity index is 426. The van der Waals surface area contributed by atoms with Crippen LogP contribution in [0.15, 0.2) is 18.2 Å². The molecule has 0 atom stereocenters. The second kappa shape index (κ2) is 5.97. The molecular weight excluding hydrogens is 246 g/mol. The molecule has 0 bridgehead atoms. The predicted molar refractivity (Wildman–Crippen MR) is 73.7 cm³/mol. The molecule has 0 amide bonds. The number of rotatable bonds is 4. The van der Waals surface area contributed by atoms with E-state index >= 15 is 0 Å². The van der Waals surface area contributed by atoms with Gasteiger partial charge in [0.1, 0.15) is 0 Å². The Kier molecular flexibility index (Phi) is 4.53. The quantitative estimate of drug-likeness (QED) is 0.903. The van der Waals surface area contributed by atoms with Gasteiger partial charge >= 0.3 is 0 Å². The van der Waals surface area contributed by atoms with Gasteiger partial charge in [0.2, 0.25) is 0 Å². The smallest absolute Gasteiger partial charge is 0.274 e. The SMILES string of the molecule is Cc1ccc(C(F)(F)CCN2CCNCC2)c(C)c1. The fourth-order valence-electron chi connectivity index (χ4n) is 2.59. The van der Waals surface area contributed by atoms with Crippen LogP contribution in [0.3, 0.4) is 0 Å². The molecule has 1 fully saturated rings. The van der Waals surface area contributed by atoms with E-state index in [9.17, 15) is 8.78 Å². The molecule has 1 aromatic rings. The molecule has 0 spiro atoms. The Morgan fingerprint density at radius 1 is 1.21 bits per heavy atom. The van der Waals surface area contributed by atoms with Gasteiger partial charge < -0.3 is 10.2 Å². The molecule has 1 N–H and O–H groups in total. The van der Waals surface area contributed by atoms with E-state index in [1.165, 1.54) is 0 Å². The molecule has 2 rings (SSSR count). The first kappa shape index (κ1) is 14.4. The van der Waals surface area contributed by atoms with Crippen molar-refractivity contribution in [1.29, 1.82) is 0 Å². The second-order valence-electron chi connectivity index (χ2n) is 5.36. The molecule has 0 radical (unpaired) electrons. The molecule has 19 heavy (non-hydrogen) atoms. The zero-order valence-corrected chi connectivity index (χ0v) is 11.7. The average molecular weight is 268 g/mol. The minimum absolute atomic E-state index is 0.100. The van der Waals surface area contributed by atoms with Crippen LogP contribution in [0.5, 0.6) is 0 Å². The molecule has 1 aliphatic heterocycles. The number of hydrogen-bond acceptors (Lipinski definition) is 2. The van der Waals surface area contributed by atoms with E-state index in [-0.39, 0.29) is 12.0 Å². The summed E-state index contributed by atoms with van der Waals surface area (Å²) >= 11 is 0. The maximum atomic E-state index is 14.3. The van der Waals surface area contributed by atoms with E-state index < -0.39 is 5.92 Å². The fourth-order valence-corrected chi connectivity index (χ4v) is 2.59. The van der Waals surface area contributed by atoms with Gasteiger partial charge in [-0.1, -0.05) is 23.8 Å². The van der Waals surface area contributed by atoms with Crippen LogP contribution in [0.25, 0.3) is 0 Å². The lowest BCUT2D eigenvalue weighted by atomic mass is 9.98. The number of alkyl halides is 2. The fraction of sp³-hybridized carbons (Fsp3) is 0.600. The maximum absolute atomic E-state index is 14.3. The number of piperazine rings is 1. The number of halogens is 2. The number of benzene rings is 1. The molecule has 0 aliphatic carbocycles. The Morgan fingerprint density at radius 3 is 2.53 bits per heavy atom. The minimum atomic E-state index is -2.73. The van der Waals surface area contributed by atoms with Crippen molar-refractivity contribution >= 4 is 0 Å². The highest BCUT2D eigenvalue weighted by molar-refractivity contribution is 5.33. The van der Waals surface area contributed by atoms with Crippen molar-refractivity contribution in [2.24, 2.45) is 0 Å². The summed E-state index contributed by atoms with van der Waals surface area (Å²) in [5.41, 5.74) is 1.89. The van der Waals surface area contributed by atoms with Gasteiger partial charge in [-0.25, -0.2) is 8.78 Å². The molecule has 0 aromatic heterocycles. The maximum Gasteiger partial charge on any atom is 0.274 e. The second-order valence-corrected chi connectivity index (χ2v) is 5.36. The summed E-state index contributed by atoms with van der Waals surface area (Å²) < 4.78 is 28.5. The van der Waals surface area contributed by atoms with Crippen molar-refractivity contribution in [3.05, 3.63) is 34.9 Å². The van der Waals surface area contributed by atoms with Crippen LogP contribution in [-0.4, -0.2) is 37.6 Å². The van der Waals surface area contributed by atoms with Gasteiger partial charge in [0.15, 0.2) is 0 Å². The number of nitrogens with one attached hydrogen (secondary N) is 1. The van der Waals surface area contributed by atoms with Crippen molar-refractivity contribution in [2.75, 3.05) is 32.7 Å². The Hall–Kier alpha value is -1.00. The van der Waals surface area contributed by atoms with Crippen molar-refractivity contribution in [3.8, 4) is 0 Å². The molecule has 1 aromatic carbocycles. The van der Waals surface area contributed by atoms with Gasteiger partial charge in [-0.05, 0) is 19.4 Å². The summed E-state index contributed by atoms with van der Waals surface area (Å²) in [4.78, 5) is 2.11. The van der Waals surface area contributed by atoms with E-state index in [2.05, 4.69) is 10.2 Å². The molecule has 106 valence electrons. The zero-order valence-electron chi connectivity index (χ0n) is 11.7. The van der Waals surface area contributed by atoms with Gasteiger partial charge in [-0.15, -0.1) is 0 Å². The molecular formula is C15H22F2N2. The molecule has 2 nitrogen and oxygen atoms in total. The first-order chi connectivity index (χ1) is 8.99. The summed E-state index contributed by atoms with van der Waals surface area (Å²) in [5.74, 6) is -2.73. The molecule has 1 heterocycles. The number of hydrogen-bond donors (Lipinski definition) is 1.